The van der Waals surface area contributed by atoms with Gasteiger partial charge in [0.05, 0.1) is 6.54 Å². The van der Waals surface area contributed by atoms with Crippen LogP contribution in [0.4, 0.5) is 8.78 Å². The summed E-state index contributed by atoms with van der Waals surface area (Å²) in [4.78, 5) is 23.8. The summed E-state index contributed by atoms with van der Waals surface area (Å²) < 4.78 is 27.2. The van der Waals surface area contributed by atoms with E-state index in [0.29, 0.717) is 25.4 Å². The molecule has 1 unspecified atom stereocenters. The van der Waals surface area contributed by atoms with Crippen molar-refractivity contribution in [3.05, 3.63) is 0 Å². The van der Waals surface area contributed by atoms with Crippen molar-refractivity contribution in [2.45, 2.75) is 50.1 Å². The highest BCUT2D eigenvalue weighted by Gasteiger charge is 2.49. The minimum atomic E-state index is -2.94. The van der Waals surface area contributed by atoms with Gasteiger partial charge in [0, 0.05) is 13.0 Å². The molecule has 2 saturated heterocycles. The molecule has 0 radical (unpaired) electrons. The molecule has 3 rings (SSSR count). The standard InChI is InChI=1S/C16H24F2N2O4/c17-16(18)5-13(15(23)24)20(8-16)7-9-1-2-10-6-19-12(14(21)22)4-11(10)3-9/h9-13,19H,1-8H2,(H,21,22)(H,23,24)/t9?,10-,11+,12-,13-/m0/s1. The van der Waals surface area contributed by atoms with Crippen LogP contribution in [0.1, 0.15) is 32.1 Å². The molecule has 0 bridgehead atoms. The molecule has 2 aliphatic heterocycles. The molecule has 1 aliphatic carbocycles. The van der Waals surface area contributed by atoms with E-state index < -0.39 is 42.9 Å². The van der Waals surface area contributed by atoms with Crippen LogP contribution in [0, 0.1) is 17.8 Å². The van der Waals surface area contributed by atoms with Crippen LogP contribution in [0.25, 0.3) is 0 Å². The lowest BCUT2D eigenvalue weighted by molar-refractivity contribution is -0.143. The summed E-state index contributed by atoms with van der Waals surface area (Å²) in [7, 11) is 0. The van der Waals surface area contributed by atoms with Crippen molar-refractivity contribution >= 4 is 11.9 Å². The third kappa shape index (κ3) is 3.69. The van der Waals surface area contributed by atoms with Crippen molar-refractivity contribution in [1.82, 2.24) is 10.2 Å². The van der Waals surface area contributed by atoms with Crippen LogP contribution in [0.2, 0.25) is 0 Å². The van der Waals surface area contributed by atoms with Gasteiger partial charge in [-0.05, 0) is 50.0 Å². The van der Waals surface area contributed by atoms with Crippen molar-refractivity contribution in [3.8, 4) is 0 Å². The van der Waals surface area contributed by atoms with Crippen LogP contribution in [-0.4, -0.2) is 64.7 Å². The first-order valence-corrected chi connectivity index (χ1v) is 8.56. The average molecular weight is 346 g/mol. The number of aliphatic carboxylic acids is 2. The zero-order valence-corrected chi connectivity index (χ0v) is 13.5. The zero-order valence-electron chi connectivity index (χ0n) is 13.5. The summed E-state index contributed by atoms with van der Waals surface area (Å²) in [5.41, 5.74) is 0. The number of fused-ring (bicyclic) bond motifs is 1. The number of piperidine rings is 1. The van der Waals surface area contributed by atoms with E-state index in [2.05, 4.69) is 5.32 Å². The van der Waals surface area contributed by atoms with Gasteiger partial charge >= 0.3 is 11.9 Å². The van der Waals surface area contributed by atoms with Gasteiger partial charge in [-0.1, -0.05) is 0 Å². The van der Waals surface area contributed by atoms with E-state index >= 15 is 0 Å². The number of carbonyl (C=O) groups is 2. The lowest BCUT2D eigenvalue weighted by Crippen LogP contribution is -2.50. The summed E-state index contributed by atoms with van der Waals surface area (Å²) in [5, 5.41) is 21.4. The number of nitrogens with one attached hydrogen (secondary N) is 1. The first-order chi connectivity index (χ1) is 11.2. The van der Waals surface area contributed by atoms with E-state index in [0.717, 1.165) is 19.3 Å². The quantitative estimate of drug-likeness (QED) is 0.710. The third-order valence-electron chi connectivity index (χ3n) is 5.86. The molecule has 0 aromatic rings. The lowest BCUT2D eigenvalue weighted by atomic mass is 9.69. The predicted molar refractivity (Wildman–Crippen MR) is 80.9 cm³/mol. The largest absolute Gasteiger partial charge is 0.480 e. The van der Waals surface area contributed by atoms with Gasteiger partial charge in [-0.3, -0.25) is 14.5 Å². The van der Waals surface area contributed by atoms with Crippen molar-refractivity contribution in [1.29, 1.82) is 0 Å². The van der Waals surface area contributed by atoms with Gasteiger partial charge in [0.2, 0.25) is 0 Å². The van der Waals surface area contributed by atoms with E-state index in [1.807, 2.05) is 0 Å². The summed E-state index contributed by atoms with van der Waals surface area (Å²) in [6.07, 6.45) is 2.57. The molecule has 6 nitrogen and oxygen atoms in total. The Hall–Kier alpha value is -1.28. The number of carboxylic acid groups (broad SMARTS) is 2. The number of rotatable bonds is 4. The number of carboxylic acids is 2. The molecule has 0 aromatic carbocycles. The zero-order chi connectivity index (χ0) is 17.5. The smallest absolute Gasteiger partial charge is 0.321 e. The van der Waals surface area contributed by atoms with Gasteiger partial charge in [-0.2, -0.15) is 0 Å². The highest BCUT2D eigenvalue weighted by atomic mass is 19.3. The van der Waals surface area contributed by atoms with Crippen LogP contribution in [0.3, 0.4) is 0 Å². The van der Waals surface area contributed by atoms with E-state index in [1.54, 1.807) is 0 Å². The highest BCUT2D eigenvalue weighted by Crippen LogP contribution is 2.40. The number of nitrogens with zero attached hydrogens (tertiary/aromatic N) is 1. The van der Waals surface area contributed by atoms with Crippen LogP contribution < -0.4 is 5.32 Å². The topological polar surface area (TPSA) is 89.9 Å². The first kappa shape index (κ1) is 17.5. The second-order valence-corrected chi connectivity index (χ2v) is 7.58. The van der Waals surface area contributed by atoms with Crippen molar-refractivity contribution < 1.29 is 28.6 Å². The molecule has 1 saturated carbocycles. The minimum Gasteiger partial charge on any atom is -0.480 e. The van der Waals surface area contributed by atoms with Gasteiger partial charge in [-0.25, -0.2) is 8.78 Å². The third-order valence-corrected chi connectivity index (χ3v) is 5.86. The number of alkyl halides is 2. The van der Waals surface area contributed by atoms with Crippen molar-refractivity contribution in [3.63, 3.8) is 0 Å². The number of halogens is 2. The lowest BCUT2D eigenvalue weighted by Gasteiger charge is -2.42. The Morgan fingerprint density at radius 1 is 1.12 bits per heavy atom. The minimum absolute atomic E-state index is 0.162. The van der Waals surface area contributed by atoms with E-state index in [-0.39, 0.29) is 11.8 Å². The SMILES string of the molecule is O=C(O)[C@@H]1C[C@H]2CC(CN3CC(F)(F)C[C@H]3C(=O)O)CC[C@H]2CN1. The van der Waals surface area contributed by atoms with Gasteiger partial charge < -0.3 is 15.5 Å². The highest BCUT2D eigenvalue weighted by molar-refractivity contribution is 5.74. The molecule has 8 heteroatoms. The molecule has 0 amide bonds. The monoisotopic (exact) mass is 346 g/mol. The van der Waals surface area contributed by atoms with Gasteiger partial charge in [0.25, 0.3) is 5.92 Å². The Morgan fingerprint density at radius 2 is 1.88 bits per heavy atom. The summed E-state index contributed by atoms with van der Waals surface area (Å²) in [6, 6.07) is -1.65. The van der Waals surface area contributed by atoms with E-state index in [4.69, 9.17) is 5.11 Å². The fraction of sp³-hybridized carbons (Fsp3) is 0.875. The van der Waals surface area contributed by atoms with Gasteiger partial charge in [0.1, 0.15) is 12.1 Å². The van der Waals surface area contributed by atoms with Crippen molar-refractivity contribution in [2.75, 3.05) is 19.6 Å². The van der Waals surface area contributed by atoms with E-state index in [1.165, 1.54) is 4.90 Å². The fourth-order valence-electron chi connectivity index (χ4n) is 4.67. The molecule has 24 heavy (non-hydrogen) atoms. The van der Waals surface area contributed by atoms with Gasteiger partial charge in [-0.15, -0.1) is 0 Å². The molecule has 5 atom stereocenters. The number of hydrogen-bond donors (Lipinski definition) is 3. The Balaban J connectivity index is 1.60. The van der Waals surface area contributed by atoms with Crippen molar-refractivity contribution in [2.24, 2.45) is 17.8 Å². The fourth-order valence-corrected chi connectivity index (χ4v) is 4.67. The Kier molecular flexibility index (Phi) is 4.79. The molecule has 136 valence electrons. The van der Waals surface area contributed by atoms with Gasteiger partial charge in [0.15, 0.2) is 0 Å². The molecular formula is C16H24F2N2O4. The average Bonchev–Trinajstić information content (AvgIpc) is 2.81. The summed E-state index contributed by atoms with van der Waals surface area (Å²) >= 11 is 0. The predicted octanol–water partition coefficient (Wildman–Crippen LogP) is 1.26. The molecule has 3 fully saturated rings. The Morgan fingerprint density at radius 3 is 2.54 bits per heavy atom. The van der Waals surface area contributed by atoms with E-state index in [9.17, 15) is 23.5 Å². The molecule has 0 spiro atoms. The summed E-state index contributed by atoms with van der Waals surface area (Å²) in [6.45, 7) is 0.558. The second-order valence-electron chi connectivity index (χ2n) is 7.58. The molecule has 3 N–H and O–H groups in total. The van der Waals surface area contributed by atoms with Crippen LogP contribution in [0.5, 0.6) is 0 Å². The first-order valence-electron chi connectivity index (χ1n) is 8.56. The van der Waals surface area contributed by atoms with Crippen LogP contribution in [0.15, 0.2) is 0 Å². The second kappa shape index (κ2) is 6.55. The maximum Gasteiger partial charge on any atom is 0.321 e. The number of hydrogen-bond acceptors (Lipinski definition) is 4. The molecule has 2 heterocycles. The van der Waals surface area contributed by atoms with Crippen LogP contribution >= 0.6 is 0 Å². The number of likely N-dealkylation sites (tertiary alicyclic amines) is 1. The molecule has 3 aliphatic rings. The Bertz CT molecular complexity index is 516. The maximum atomic E-state index is 13.6. The maximum absolute atomic E-state index is 13.6. The molecular weight excluding hydrogens is 322 g/mol. The molecule has 0 aromatic heterocycles. The normalized spacial score (nSPS) is 39.3. The Labute approximate surface area is 139 Å². The van der Waals surface area contributed by atoms with Crippen LogP contribution in [-0.2, 0) is 9.59 Å². The summed E-state index contributed by atoms with van der Waals surface area (Å²) in [5.74, 6) is -4.10.